The number of benzene rings is 1. The number of hydrogen-bond acceptors (Lipinski definition) is 4. The molecule has 2 aromatic rings. The smallest absolute Gasteiger partial charge is 0.136 e. The van der Waals surface area contributed by atoms with Gasteiger partial charge in [-0.2, -0.15) is 5.26 Å². The predicted octanol–water partition coefficient (Wildman–Crippen LogP) is 3.11. The Kier molecular flexibility index (Phi) is 5.74. The molecule has 0 bridgehead atoms. The Bertz CT molecular complexity index is 606. The van der Waals surface area contributed by atoms with E-state index in [9.17, 15) is 0 Å². The molecule has 0 atom stereocenters. The zero-order chi connectivity index (χ0) is 14.9. The Hall–Kier alpha value is -2.38. The van der Waals surface area contributed by atoms with E-state index in [4.69, 9.17) is 14.7 Å². The van der Waals surface area contributed by atoms with Crippen LogP contribution in [0.5, 0.6) is 5.75 Å². The highest BCUT2D eigenvalue weighted by Crippen LogP contribution is 2.19. The van der Waals surface area contributed by atoms with Gasteiger partial charge in [0.05, 0.1) is 19.3 Å². The number of nitriles is 1. The van der Waals surface area contributed by atoms with Crippen molar-refractivity contribution in [2.45, 2.75) is 19.4 Å². The molecular formula is C17H18N2O2. The Labute approximate surface area is 125 Å². The molecule has 2 rings (SSSR count). The van der Waals surface area contributed by atoms with E-state index in [2.05, 4.69) is 11.1 Å². The summed E-state index contributed by atoms with van der Waals surface area (Å²) in [5.41, 5.74) is 2.79. The highest BCUT2D eigenvalue weighted by Gasteiger charge is 2.03. The fraction of sp³-hybridized carbons (Fsp3) is 0.294. The molecule has 108 valence electrons. The number of nitrogens with zero attached hydrogens (tertiary/aromatic N) is 2. The first-order chi connectivity index (χ1) is 10.3. The molecule has 4 nitrogen and oxygen atoms in total. The van der Waals surface area contributed by atoms with Crippen LogP contribution in [0, 0.1) is 11.3 Å². The molecule has 0 aliphatic rings. The average molecular weight is 282 g/mol. The normalized spacial score (nSPS) is 10.1. The van der Waals surface area contributed by atoms with Crippen molar-refractivity contribution in [1.29, 1.82) is 5.26 Å². The van der Waals surface area contributed by atoms with Crippen molar-refractivity contribution >= 4 is 0 Å². The molecule has 0 radical (unpaired) electrons. The SMILES string of the molecule is COc1ccc(COCCCc2ccncc2)cc1C#N. The van der Waals surface area contributed by atoms with Crippen LogP contribution in [0.1, 0.15) is 23.1 Å². The van der Waals surface area contributed by atoms with Crippen LogP contribution in [0.4, 0.5) is 0 Å². The van der Waals surface area contributed by atoms with E-state index in [0.717, 1.165) is 18.4 Å². The quantitative estimate of drug-likeness (QED) is 0.732. The minimum atomic E-state index is 0.509. The minimum absolute atomic E-state index is 0.509. The Morgan fingerprint density at radius 1 is 1.14 bits per heavy atom. The van der Waals surface area contributed by atoms with E-state index in [1.807, 2.05) is 24.3 Å². The predicted molar refractivity (Wildman–Crippen MR) is 79.9 cm³/mol. The van der Waals surface area contributed by atoms with Crippen molar-refractivity contribution < 1.29 is 9.47 Å². The van der Waals surface area contributed by atoms with Crippen molar-refractivity contribution in [3.05, 3.63) is 59.4 Å². The van der Waals surface area contributed by atoms with Crippen LogP contribution in [0.15, 0.2) is 42.7 Å². The van der Waals surface area contributed by atoms with Crippen LogP contribution < -0.4 is 4.74 Å². The molecule has 1 heterocycles. The lowest BCUT2D eigenvalue weighted by molar-refractivity contribution is 0.118. The molecule has 0 aliphatic carbocycles. The van der Waals surface area contributed by atoms with Gasteiger partial charge in [0.2, 0.25) is 0 Å². The summed E-state index contributed by atoms with van der Waals surface area (Å²) in [6, 6.07) is 11.7. The van der Waals surface area contributed by atoms with Crippen molar-refractivity contribution in [3.8, 4) is 11.8 Å². The number of ether oxygens (including phenoxy) is 2. The van der Waals surface area contributed by atoms with Gasteiger partial charge in [0.25, 0.3) is 0 Å². The third-order valence-electron chi connectivity index (χ3n) is 3.16. The topological polar surface area (TPSA) is 55.1 Å². The maximum absolute atomic E-state index is 9.03. The van der Waals surface area contributed by atoms with Gasteiger partial charge in [0.15, 0.2) is 0 Å². The lowest BCUT2D eigenvalue weighted by Crippen LogP contribution is -1.98. The lowest BCUT2D eigenvalue weighted by atomic mass is 10.1. The van der Waals surface area contributed by atoms with E-state index >= 15 is 0 Å². The zero-order valence-corrected chi connectivity index (χ0v) is 12.1. The van der Waals surface area contributed by atoms with Gasteiger partial charge in [-0.25, -0.2) is 0 Å². The summed E-state index contributed by atoms with van der Waals surface area (Å²) in [6.45, 7) is 1.20. The van der Waals surface area contributed by atoms with Crippen LogP contribution in [-0.2, 0) is 17.8 Å². The van der Waals surface area contributed by atoms with E-state index in [1.165, 1.54) is 5.56 Å². The minimum Gasteiger partial charge on any atom is -0.495 e. The van der Waals surface area contributed by atoms with E-state index in [1.54, 1.807) is 25.6 Å². The summed E-state index contributed by atoms with van der Waals surface area (Å²) in [5.74, 6) is 0.596. The highest BCUT2D eigenvalue weighted by atomic mass is 16.5. The van der Waals surface area contributed by atoms with Crippen LogP contribution in [0.2, 0.25) is 0 Å². The Balaban J connectivity index is 1.75. The van der Waals surface area contributed by atoms with Gasteiger partial charge in [0, 0.05) is 19.0 Å². The summed E-state index contributed by atoms with van der Waals surface area (Å²) in [7, 11) is 1.56. The number of aromatic nitrogens is 1. The van der Waals surface area contributed by atoms with Crippen molar-refractivity contribution in [3.63, 3.8) is 0 Å². The second-order valence-electron chi connectivity index (χ2n) is 4.66. The second kappa shape index (κ2) is 8.03. The number of aryl methyl sites for hydroxylation is 1. The molecule has 0 fully saturated rings. The van der Waals surface area contributed by atoms with E-state index in [0.29, 0.717) is 24.5 Å². The molecule has 1 aromatic carbocycles. The summed E-state index contributed by atoms with van der Waals surface area (Å²) in [4.78, 5) is 3.99. The molecule has 0 amide bonds. The van der Waals surface area contributed by atoms with Gasteiger partial charge in [-0.1, -0.05) is 6.07 Å². The second-order valence-corrected chi connectivity index (χ2v) is 4.66. The maximum atomic E-state index is 9.03. The molecule has 0 saturated heterocycles. The summed E-state index contributed by atoms with van der Waals surface area (Å²) >= 11 is 0. The largest absolute Gasteiger partial charge is 0.495 e. The lowest BCUT2D eigenvalue weighted by Gasteiger charge is -2.07. The van der Waals surface area contributed by atoms with Crippen LogP contribution in [0.3, 0.4) is 0 Å². The third kappa shape index (κ3) is 4.59. The van der Waals surface area contributed by atoms with Gasteiger partial charge < -0.3 is 9.47 Å². The Morgan fingerprint density at radius 3 is 2.67 bits per heavy atom. The standard InChI is InChI=1S/C17H18N2O2/c1-20-17-5-4-15(11-16(17)12-18)13-21-10-2-3-14-6-8-19-9-7-14/h4-9,11H,2-3,10,13H2,1H3. The fourth-order valence-corrected chi connectivity index (χ4v) is 2.05. The van der Waals surface area contributed by atoms with E-state index in [-0.39, 0.29) is 0 Å². The van der Waals surface area contributed by atoms with Crippen molar-refractivity contribution in [2.75, 3.05) is 13.7 Å². The van der Waals surface area contributed by atoms with Crippen LogP contribution in [0.25, 0.3) is 0 Å². The van der Waals surface area contributed by atoms with Gasteiger partial charge in [-0.15, -0.1) is 0 Å². The van der Waals surface area contributed by atoms with Crippen molar-refractivity contribution in [2.24, 2.45) is 0 Å². The average Bonchev–Trinajstić information content (AvgIpc) is 2.55. The summed E-state index contributed by atoms with van der Waals surface area (Å²) in [5, 5.41) is 9.03. The molecule has 0 N–H and O–H groups in total. The first kappa shape index (κ1) is 15.0. The first-order valence-corrected chi connectivity index (χ1v) is 6.87. The number of hydrogen-bond donors (Lipinski definition) is 0. The fourth-order valence-electron chi connectivity index (χ4n) is 2.05. The maximum Gasteiger partial charge on any atom is 0.136 e. The van der Waals surface area contributed by atoms with Crippen molar-refractivity contribution in [1.82, 2.24) is 4.98 Å². The zero-order valence-electron chi connectivity index (χ0n) is 12.1. The molecule has 4 heteroatoms. The molecule has 0 spiro atoms. The van der Waals surface area contributed by atoms with Gasteiger partial charge in [-0.3, -0.25) is 4.98 Å². The van der Waals surface area contributed by atoms with Crippen LogP contribution >= 0.6 is 0 Å². The first-order valence-electron chi connectivity index (χ1n) is 6.87. The Morgan fingerprint density at radius 2 is 1.95 bits per heavy atom. The molecule has 1 aromatic heterocycles. The van der Waals surface area contributed by atoms with Gasteiger partial charge in [0.1, 0.15) is 11.8 Å². The molecule has 0 saturated carbocycles. The summed E-state index contributed by atoms with van der Waals surface area (Å²) in [6.07, 6.45) is 5.55. The molecule has 21 heavy (non-hydrogen) atoms. The highest BCUT2D eigenvalue weighted by molar-refractivity contribution is 5.45. The number of rotatable bonds is 7. The third-order valence-corrected chi connectivity index (χ3v) is 3.16. The van der Waals surface area contributed by atoms with Gasteiger partial charge >= 0.3 is 0 Å². The molecule has 0 unspecified atom stereocenters. The van der Waals surface area contributed by atoms with Crippen LogP contribution in [-0.4, -0.2) is 18.7 Å². The molecular weight excluding hydrogens is 264 g/mol. The number of pyridine rings is 1. The monoisotopic (exact) mass is 282 g/mol. The van der Waals surface area contributed by atoms with Gasteiger partial charge in [-0.05, 0) is 48.2 Å². The molecule has 0 aliphatic heterocycles. The summed E-state index contributed by atoms with van der Waals surface area (Å²) < 4.78 is 10.8. The van der Waals surface area contributed by atoms with E-state index < -0.39 is 0 Å². The number of methoxy groups -OCH3 is 1.